The molecule has 0 saturated carbocycles. The first-order valence-corrected chi connectivity index (χ1v) is 7.43. The van der Waals surface area contributed by atoms with E-state index in [1.54, 1.807) is 0 Å². The van der Waals surface area contributed by atoms with E-state index in [4.69, 9.17) is 27.9 Å². The molecular weight excluding hydrogens is 277 g/mol. The van der Waals surface area contributed by atoms with Crippen LogP contribution in [0.25, 0.3) is 0 Å². The fraction of sp³-hybridized carbons (Fsp3) is 0.667. The molecule has 1 N–H and O–H groups in total. The van der Waals surface area contributed by atoms with E-state index in [0.717, 1.165) is 40.2 Å². The second-order valence-electron chi connectivity index (χ2n) is 4.68. The SMILES string of the molecule is CCC1(C)CCOC(c2cc(Cl)sc2Cl)CN1. The quantitative estimate of drug-likeness (QED) is 0.879. The van der Waals surface area contributed by atoms with E-state index >= 15 is 0 Å². The van der Waals surface area contributed by atoms with Crippen LogP contribution < -0.4 is 5.32 Å². The van der Waals surface area contributed by atoms with E-state index in [9.17, 15) is 0 Å². The molecule has 1 aliphatic rings. The maximum Gasteiger partial charge on any atom is 0.100 e. The van der Waals surface area contributed by atoms with Crippen LogP contribution in [-0.4, -0.2) is 18.7 Å². The van der Waals surface area contributed by atoms with Crippen LogP contribution in [0.3, 0.4) is 0 Å². The highest BCUT2D eigenvalue weighted by Gasteiger charge is 2.28. The van der Waals surface area contributed by atoms with Crippen molar-refractivity contribution in [2.24, 2.45) is 0 Å². The smallest absolute Gasteiger partial charge is 0.100 e. The largest absolute Gasteiger partial charge is 0.372 e. The summed E-state index contributed by atoms with van der Waals surface area (Å²) >= 11 is 13.5. The summed E-state index contributed by atoms with van der Waals surface area (Å²) in [7, 11) is 0. The zero-order valence-corrected chi connectivity index (χ0v) is 12.4. The maximum absolute atomic E-state index is 6.16. The van der Waals surface area contributed by atoms with Gasteiger partial charge in [-0.1, -0.05) is 30.1 Å². The van der Waals surface area contributed by atoms with Crippen molar-refractivity contribution in [1.82, 2.24) is 5.32 Å². The Morgan fingerprint density at radius 2 is 2.35 bits per heavy atom. The third kappa shape index (κ3) is 3.15. The van der Waals surface area contributed by atoms with Crippen molar-refractivity contribution in [2.45, 2.75) is 38.3 Å². The van der Waals surface area contributed by atoms with Gasteiger partial charge in [0.2, 0.25) is 0 Å². The third-order valence-corrected chi connectivity index (χ3v) is 5.02. The van der Waals surface area contributed by atoms with Crippen molar-refractivity contribution in [3.63, 3.8) is 0 Å². The Labute approximate surface area is 116 Å². The fourth-order valence-corrected chi connectivity index (χ4v) is 3.55. The summed E-state index contributed by atoms with van der Waals surface area (Å²) < 4.78 is 7.34. The van der Waals surface area contributed by atoms with Crippen molar-refractivity contribution in [1.29, 1.82) is 0 Å². The molecule has 2 heterocycles. The van der Waals surface area contributed by atoms with Crippen molar-refractivity contribution in [3.8, 4) is 0 Å². The van der Waals surface area contributed by atoms with E-state index in [1.165, 1.54) is 11.3 Å². The van der Waals surface area contributed by atoms with Crippen LogP contribution >= 0.6 is 34.5 Å². The van der Waals surface area contributed by atoms with Gasteiger partial charge in [-0.2, -0.15) is 0 Å². The topological polar surface area (TPSA) is 21.3 Å². The lowest BCUT2D eigenvalue weighted by Crippen LogP contribution is -2.42. The van der Waals surface area contributed by atoms with Gasteiger partial charge in [-0.05, 0) is 25.8 Å². The van der Waals surface area contributed by atoms with Crippen LogP contribution in [0.5, 0.6) is 0 Å². The molecule has 1 fully saturated rings. The standard InChI is InChI=1S/C12H17Cl2NOS/c1-3-12(2)4-5-16-9(7-15-12)8-6-10(13)17-11(8)14/h6,9,15H,3-5,7H2,1-2H3. The van der Waals surface area contributed by atoms with E-state index in [1.807, 2.05) is 6.07 Å². The second-order valence-corrected chi connectivity index (χ2v) is 6.97. The van der Waals surface area contributed by atoms with Crippen LogP contribution in [0.4, 0.5) is 0 Å². The fourth-order valence-electron chi connectivity index (χ4n) is 1.99. The maximum atomic E-state index is 6.16. The van der Waals surface area contributed by atoms with Gasteiger partial charge in [-0.15, -0.1) is 11.3 Å². The predicted molar refractivity (Wildman–Crippen MR) is 74.3 cm³/mol. The molecule has 96 valence electrons. The number of nitrogens with one attached hydrogen (secondary N) is 1. The van der Waals surface area contributed by atoms with Gasteiger partial charge in [-0.3, -0.25) is 0 Å². The summed E-state index contributed by atoms with van der Waals surface area (Å²) in [5.74, 6) is 0. The third-order valence-electron chi connectivity index (χ3n) is 3.50. The van der Waals surface area contributed by atoms with E-state index < -0.39 is 0 Å². The zero-order chi connectivity index (χ0) is 12.5. The lowest BCUT2D eigenvalue weighted by Gasteiger charge is -2.27. The molecule has 2 rings (SSSR count). The summed E-state index contributed by atoms with van der Waals surface area (Å²) in [4.78, 5) is 0. The van der Waals surface area contributed by atoms with Gasteiger partial charge in [-0.25, -0.2) is 0 Å². The summed E-state index contributed by atoms with van der Waals surface area (Å²) in [6, 6.07) is 1.91. The number of hydrogen-bond donors (Lipinski definition) is 1. The van der Waals surface area contributed by atoms with Gasteiger partial charge in [0.05, 0.1) is 10.4 Å². The van der Waals surface area contributed by atoms with Gasteiger partial charge >= 0.3 is 0 Å². The lowest BCUT2D eigenvalue weighted by atomic mass is 9.95. The molecule has 1 aromatic heterocycles. The Kier molecular flexibility index (Phi) is 4.37. The molecule has 2 unspecified atom stereocenters. The minimum atomic E-state index is 0.0135. The summed E-state index contributed by atoms with van der Waals surface area (Å²) in [6.07, 6.45) is 2.14. The van der Waals surface area contributed by atoms with Crippen LogP contribution in [0.15, 0.2) is 6.07 Å². The average molecular weight is 294 g/mol. The molecule has 0 spiro atoms. The minimum absolute atomic E-state index is 0.0135. The summed E-state index contributed by atoms with van der Waals surface area (Å²) in [5.41, 5.74) is 1.18. The molecule has 0 aromatic carbocycles. The van der Waals surface area contributed by atoms with Crippen molar-refractivity contribution < 1.29 is 4.74 Å². The number of rotatable bonds is 2. The van der Waals surface area contributed by atoms with E-state index in [2.05, 4.69) is 19.2 Å². The van der Waals surface area contributed by atoms with Gasteiger partial charge in [0, 0.05) is 24.3 Å². The van der Waals surface area contributed by atoms with Crippen molar-refractivity contribution in [3.05, 3.63) is 20.3 Å². The summed E-state index contributed by atoms with van der Waals surface area (Å²) in [5, 5.41) is 3.57. The highest BCUT2D eigenvalue weighted by Crippen LogP contribution is 2.37. The molecule has 2 atom stereocenters. The van der Waals surface area contributed by atoms with Crippen LogP contribution in [0.2, 0.25) is 8.67 Å². The molecule has 5 heteroatoms. The average Bonchev–Trinajstić information content (AvgIpc) is 2.50. The molecule has 1 aliphatic heterocycles. The molecule has 0 bridgehead atoms. The molecule has 2 nitrogen and oxygen atoms in total. The molecule has 0 aliphatic carbocycles. The number of halogens is 2. The van der Waals surface area contributed by atoms with Crippen LogP contribution in [-0.2, 0) is 4.74 Å². The number of thiophene rings is 1. The Hall–Kier alpha value is 0.200. The van der Waals surface area contributed by atoms with Crippen molar-refractivity contribution in [2.75, 3.05) is 13.2 Å². The minimum Gasteiger partial charge on any atom is -0.372 e. The van der Waals surface area contributed by atoms with Gasteiger partial charge in [0.25, 0.3) is 0 Å². The monoisotopic (exact) mass is 293 g/mol. The highest BCUT2D eigenvalue weighted by atomic mass is 35.5. The highest BCUT2D eigenvalue weighted by molar-refractivity contribution is 7.20. The first-order valence-electron chi connectivity index (χ1n) is 5.85. The van der Waals surface area contributed by atoms with Crippen LogP contribution in [0, 0.1) is 0 Å². The molecule has 17 heavy (non-hydrogen) atoms. The summed E-state index contributed by atoms with van der Waals surface area (Å²) in [6.45, 7) is 5.98. The first-order chi connectivity index (χ1) is 8.04. The Balaban J connectivity index is 2.11. The van der Waals surface area contributed by atoms with Gasteiger partial charge in [0.15, 0.2) is 0 Å². The van der Waals surface area contributed by atoms with Gasteiger partial charge < -0.3 is 10.1 Å². The second kappa shape index (κ2) is 5.45. The molecule has 1 saturated heterocycles. The van der Waals surface area contributed by atoms with Crippen LogP contribution in [0.1, 0.15) is 38.4 Å². The predicted octanol–water partition coefficient (Wildman–Crippen LogP) is 4.27. The Morgan fingerprint density at radius 3 is 2.94 bits per heavy atom. The normalized spacial score (nSPS) is 30.2. The van der Waals surface area contributed by atoms with E-state index in [-0.39, 0.29) is 11.6 Å². The van der Waals surface area contributed by atoms with E-state index in [0.29, 0.717) is 0 Å². The zero-order valence-electron chi connectivity index (χ0n) is 10.1. The number of ether oxygens (including phenoxy) is 1. The van der Waals surface area contributed by atoms with Crippen molar-refractivity contribution >= 4 is 34.5 Å². The Bertz CT molecular complexity index is 396. The molecule has 1 aromatic rings. The molecule has 0 radical (unpaired) electrons. The molecular formula is C12H17Cl2NOS. The molecule has 0 amide bonds. The Morgan fingerprint density at radius 1 is 1.59 bits per heavy atom. The number of hydrogen-bond acceptors (Lipinski definition) is 3. The lowest BCUT2D eigenvalue weighted by molar-refractivity contribution is 0.0656. The first kappa shape index (κ1) is 13.6. The van der Waals surface area contributed by atoms with Gasteiger partial charge in [0.1, 0.15) is 4.34 Å².